The second-order valence-corrected chi connectivity index (χ2v) is 10.4. The number of hydrogen-bond acceptors (Lipinski definition) is 7. The van der Waals surface area contributed by atoms with Crippen molar-refractivity contribution >= 4 is 29.5 Å². The normalized spacial score (nSPS) is 19.9. The molecule has 0 saturated carbocycles. The van der Waals surface area contributed by atoms with Gasteiger partial charge in [0.15, 0.2) is 0 Å². The number of imide groups is 2. The molecule has 10 nitrogen and oxygen atoms in total. The van der Waals surface area contributed by atoms with E-state index in [-0.39, 0.29) is 41.9 Å². The van der Waals surface area contributed by atoms with Crippen LogP contribution in [0.2, 0.25) is 0 Å². The van der Waals surface area contributed by atoms with Crippen molar-refractivity contribution in [1.29, 1.82) is 0 Å². The van der Waals surface area contributed by atoms with Crippen molar-refractivity contribution < 1.29 is 41.9 Å². The summed E-state index contributed by atoms with van der Waals surface area (Å²) in [6.45, 7) is 2.89. The first kappa shape index (κ1) is 29.2. The number of carbonyl (C=O) groups is 5. The summed E-state index contributed by atoms with van der Waals surface area (Å²) < 4.78 is 45.1. The number of benzene rings is 2. The summed E-state index contributed by atoms with van der Waals surface area (Å²) >= 11 is 0. The molecule has 1 N–H and O–H groups in total. The predicted octanol–water partition coefficient (Wildman–Crippen LogP) is 2.72. The molecule has 0 aliphatic carbocycles. The summed E-state index contributed by atoms with van der Waals surface area (Å²) in [5, 5.41) is 2.17. The molecule has 0 bridgehead atoms. The van der Waals surface area contributed by atoms with E-state index < -0.39 is 47.3 Å². The molecule has 1 atom stereocenters. The van der Waals surface area contributed by atoms with Crippen LogP contribution in [0.1, 0.15) is 62.3 Å². The zero-order chi connectivity index (χ0) is 30.0. The molecular weight excluding hydrogens is 557 g/mol. The van der Waals surface area contributed by atoms with E-state index in [1.807, 2.05) is 0 Å². The van der Waals surface area contributed by atoms with Gasteiger partial charge in [-0.15, -0.1) is 0 Å². The monoisotopic (exact) mass is 586 g/mol. The number of carbonyl (C=O) groups excluding carboxylic acids is 5. The van der Waals surface area contributed by atoms with Crippen molar-refractivity contribution in [3.8, 4) is 5.75 Å². The maximum absolute atomic E-state index is 13.2. The summed E-state index contributed by atoms with van der Waals surface area (Å²) in [5.74, 6) is -2.59. The van der Waals surface area contributed by atoms with Crippen LogP contribution < -0.4 is 10.1 Å². The first-order chi connectivity index (χ1) is 20.0. The van der Waals surface area contributed by atoms with Crippen LogP contribution in [0.5, 0.6) is 5.75 Å². The van der Waals surface area contributed by atoms with Crippen molar-refractivity contribution in [2.24, 2.45) is 0 Å². The number of piperidine rings is 1. The van der Waals surface area contributed by atoms with Gasteiger partial charge in [-0.25, -0.2) is 0 Å². The zero-order valence-electron chi connectivity index (χ0n) is 22.6. The van der Waals surface area contributed by atoms with Crippen molar-refractivity contribution in [3.05, 3.63) is 64.7 Å². The molecule has 2 aromatic carbocycles. The lowest BCUT2D eigenvalue weighted by Crippen LogP contribution is -2.54. The molecule has 13 heteroatoms. The number of rotatable bonds is 7. The predicted molar refractivity (Wildman–Crippen MR) is 142 cm³/mol. The van der Waals surface area contributed by atoms with E-state index in [0.717, 1.165) is 17.0 Å². The summed E-state index contributed by atoms with van der Waals surface area (Å²) in [7, 11) is 0. The summed E-state index contributed by atoms with van der Waals surface area (Å²) in [6, 6.07) is 8.06. The molecule has 1 unspecified atom stereocenters. The van der Waals surface area contributed by atoms with Gasteiger partial charge in [0.2, 0.25) is 11.8 Å². The van der Waals surface area contributed by atoms with Crippen molar-refractivity contribution in [2.45, 2.75) is 37.9 Å². The molecule has 2 fully saturated rings. The Bertz CT molecular complexity index is 1430. The Morgan fingerprint density at radius 3 is 2.52 bits per heavy atom. The van der Waals surface area contributed by atoms with Crippen LogP contribution in [0.3, 0.4) is 0 Å². The van der Waals surface area contributed by atoms with Gasteiger partial charge in [0.25, 0.3) is 17.7 Å². The van der Waals surface area contributed by atoms with E-state index >= 15 is 0 Å². The van der Waals surface area contributed by atoms with Gasteiger partial charge in [-0.2, -0.15) is 13.2 Å². The largest absolute Gasteiger partial charge is 0.493 e. The van der Waals surface area contributed by atoms with Crippen LogP contribution in [-0.2, 0) is 15.8 Å². The minimum atomic E-state index is -4.52. The van der Waals surface area contributed by atoms with Crippen LogP contribution in [0, 0.1) is 0 Å². The third-order valence-corrected chi connectivity index (χ3v) is 7.62. The lowest BCUT2D eigenvalue weighted by atomic mass is 10.0. The molecule has 3 heterocycles. The van der Waals surface area contributed by atoms with Crippen molar-refractivity contribution in [2.75, 3.05) is 39.3 Å². The number of halogens is 3. The summed E-state index contributed by atoms with van der Waals surface area (Å²) in [5.41, 5.74) is -0.624. The fraction of sp³-hybridized carbons (Fsp3) is 0.414. The Morgan fingerprint density at radius 1 is 0.976 bits per heavy atom. The second-order valence-electron chi connectivity index (χ2n) is 10.4. The van der Waals surface area contributed by atoms with E-state index in [0.29, 0.717) is 45.6 Å². The molecule has 2 saturated heterocycles. The lowest BCUT2D eigenvalue weighted by Gasteiger charge is -2.27. The van der Waals surface area contributed by atoms with E-state index in [1.54, 1.807) is 17.0 Å². The molecule has 3 aliphatic heterocycles. The number of ether oxygens (including phenoxy) is 1. The minimum Gasteiger partial charge on any atom is -0.493 e. The van der Waals surface area contributed by atoms with Gasteiger partial charge in [-0.05, 0) is 56.1 Å². The number of nitrogens with zero attached hydrogens (tertiary/aromatic N) is 3. The van der Waals surface area contributed by atoms with E-state index in [2.05, 4.69) is 10.2 Å². The maximum Gasteiger partial charge on any atom is 0.416 e. The highest BCUT2D eigenvalue weighted by atomic mass is 19.4. The molecule has 222 valence electrons. The van der Waals surface area contributed by atoms with E-state index in [4.69, 9.17) is 4.74 Å². The van der Waals surface area contributed by atoms with E-state index in [9.17, 15) is 37.1 Å². The molecule has 0 spiro atoms. The molecule has 2 aromatic rings. The van der Waals surface area contributed by atoms with Gasteiger partial charge in [0.1, 0.15) is 11.8 Å². The van der Waals surface area contributed by atoms with Gasteiger partial charge >= 0.3 is 6.18 Å². The first-order valence-electron chi connectivity index (χ1n) is 13.7. The molecule has 42 heavy (non-hydrogen) atoms. The highest BCUT2D eigenvalue weighted by Crippen LogP contribution is 2.34. The number of hydrogen-bond donors (Lipinski definition) is 1. The highest BCUT2D eigenvalue weighted by molar-refractivity contribution is 6.24. The van der Waals surface area contributed by atoms with Gasteiger partial charge in [0, 0.05) is 38.2 Å². The molecular formula is C29H29F3N4O6. The Hall–Kier alpha value is -4.26. The third kappa shape index (κ3) is 6.01. The first-order valence-corrected chi connectivity index (χ1v) is 13.7. The highest BCUT2D eigenvalue weighted by Gasteiger charge is 2.46. The average molecular weight is 587 g/mol. The van der Waals surface area contributed by atoms with Crippen molar-refractivity contribution in [3.63, 3.8) is 0 Å². The molecule has 5 amide bonds. The van der Waals surface area contributed by atoms with Crippen LogP contribution in [0.25, 0.3) is 0 Å². The van der Waals surface area contributed by atoms with Gasteiger partial charge in [0.05, 0.1) is 23.3 Å². The van der Waals surface area contributed by atoms with Crippen LogP contribution in [-0.4, -0.2) is 89.6 Å². The summed E-state index contributed by atoms with van der Waals surface area (Å²) in [6.07, 6.45) is -3.20. The van der Waals surface area contributed by atoms with Gasteiger partial charge < -0.3 is 14.5 Å². The number of nitrogens with one attached hydrogen (secondary N) is 1. The van der Waals surface area contributed by atoms with Gasteiger partial charge in [-0.3, -0.25) is 34.2 Å². The quantitative estimate of drug-likeness (QED) is 0.392. The number of alkyl halides is 3. The Morgan fingerprint density at radius 2 is 1.76 bits per heavy atom. The fourth-order valence-corrected chi connectivity index (χ4v) is 5.48. The van der Waals surface area contributed by atoms with E-state index in [1.165, 1.54) is 18.2 Å². The Balaban J connectivity index is 1.14. The standard InChI is InChI=1S/C29H29F3N4O6/c30-29(31,32)19-6-1-5-18(17-19)26(39)35-13-3-11-34(14-15-35)12-4-16-42-22-8-2-7-20-24(22)28(41)36(27(20)40)21-9-10-23(37)33-25(21)38/h1-2,5-8,17,21H,3-4,9-16H2,(H,33,37,38). The van der Waals surface area contributed by atoms with Crippen LogP contribution in [0.15, 0.2) is 42.5 Å². The maximum atomic E-state index is 13.2. The average Bonchev–Trinajstić information content (AvgIpc) is 3.09. The molecule has 3 aliphatic rings. The molecule has 5 rings (SSSR count). The molecule has 0 aromatic heterocycles. The van der Waals surface area contributed by atoms with Gasteiger partial charge in [-0.1, -0.05) is 12.1 Å². The number of fused-ring (bicyclic) bond motifs is 1. The smallest absolute Gasteiger partial charge is 0.416 e. The van der Waals surface area contributed by atoms with Crippen LogP contribution in [0.4, 0.5) is 13.2 Å². The Kier molecular flexibility index (Phi) is 8.30. The van der Waals surface area contributed by atoms with Crippen LogP contribution >= 0.6 is 0 Å². The Labute approximate surface area is 239 Å². The zero-order valence-corrected chi connectivity index (χ0v) is 22.6. The SMILES string of the molecule is O=C1CCC(N2C(=O)c3cccc(OCCCN4CCCN(C(=O)c5cccc(C(F)(F)F)c5)CC4)c3C2=O)C(=O)N1. The van der Waals surface area contributed by atoms with Crippen molar-refractivity contribution in [1.82, 2.24) is 20.0 Å². The molecule has 0 radical (unpaired) electrons. The number of amides is 5. The minimum absolute atomic E-state index is 0.00580. The topological polar surface area (TPSA) is 116 Å². The second kappa shape index (κ2) is 11.9. The lowest BCUT2D eigenvalue weighted by molar-refractivity contribution is -0.138. The fourth-order valence-electron chi connectivity index (χ4n) is 5.48. The third-order valence-electron chi connectivity index (χ3n) is 7.62. The summed E-state index contributed by atoms with van der Waals surface area (Å²) in [4.78, 5) is 67.5.